The van der Waals surface area contributed by atoms with Gasteiger partial charge in [0.15, 0.2) is 0 Å². The SMILES string of the molecule is Cc1ccc(-n2nc(C3CCCC3)cc2NC(=O)NCc2ccccc2O)cc1. The lowest BCUT2D eigenvalue weighted by molar-refractivity contribution is 0.251. The summed E-state index contributed by atoms with van der Waals surface area (Å²) >= 11 is 0. The first-order valence-corrected chi connectivity index (χ1v) is 10.1. The van der Waals surface area contributed by atoms with Crippen molar-refractivity contribution in [2.75, 3.05) is 5.32 Å². The number of carbonyl (C=O) groups excluding carboxylic acids is 1. The van der Waals surface area contributed by atoms with Gasteiger partial charge in [-0.15, -0.1) is 0 Å². The zero-order valence-corrected chi connectivity index (χ0v) is 16.6. The third kappa shape index (κ3) is 4.42. The molecule has 2 amide bonds. The van der Waals surface area contributed by atoms with Gasteiger partial charge in [0.05, 0.1) is 11.4 Å². The van der Waals surface area contributed by atoms with Gasteiger partial charge in [-0.05, 0) is 38.0 Å². The molecule has 29 heavy (non-hydrogen) atoms. The second kappa shape index (κ2) is 8.39. The van der Waals surface area contributed by atoms with E-state index in [-0.39, 0.29) is 18.3 Å². The lowest BCUT2D eigenvalue weighted by Crippen LogP contribution is -2.29. The predicted octanol–water partition coefficient (Wildman–Crippen LogP) is 4.87. The van der Waals surface area contributed by atoms with Gasteiger partial charge >= 0.3 is 6.03 Å². The van der Waals surface area contributed by atoms with Gasteiger partial charge in [0.2, 0.25) is 0 Å². The molecule has 0 atom stereocenters. The molecule has 3 N–H and O–H groups in total. The van der Waals surface area contributed by atoms with Crippen LogP contribution < -0.4 is 10.6 Å². The lowest BCUT2D eigenvalue weighted by Gasteiger charge is -2.11. The smallest absolute Gasteiger partial charge is 0.320 e. The van der Waals surface area contributed by atoms with Crippen molar-refractivity contribution in [3.8, 4) is 11.4 Å². The second-order valence-corrected chi connectivity index (χ2v) is 7.62. The maximum Gasteiger partial charge on any atom is 0.320 e. The molecule has 6 heteroatoms. The third-order valence-corrected chi connectivity index (χ3v) is 5.45. The van der Waals surface area contributed by atoms with Crippen LogP contribution in [0.2, 0.25) is 0 Å². The molecule has 3 aromatic rings. The first-order chi connectivity index (χ1) is 14.1. The zero-order chi connectivity index (χ0) is 20.2. The maximum absolute atomic E-state index is 12.5. The Bertz CT molecular complexity index is 988. The number of hydrogen-bond donors (Lipinski definition) is 3. The van der Waals surface area contributed by atoms with E-state index in [0.717, 1.165) is 24.2 Å². The van der Waals surface area contributed by atoms with Crippen LogP contribution in [-0.4, -0.2) is 20.9 Å². The number of urea groups is 1. The van der Waals surface area contributed by atoms with Crippen LogP contribution in [0.5, 0.6) is 5.75 Å². The van der Waals surface area contributed by atoms with Gasteiger partial charge in [0.1, 0.15) is 11.6 Å². The Balaban J connectivity index is 1.53. The number of amides is 2. The third-order valence-electron chi connectivity index (χ3n) is 5.45. The fourth-order valence-electron chi connectivity index (χ4n) is 3.79. The van der Waals surface area contributed by atoms with Crippen molar-refractivity contribution in [1.82, 2.24) is 15.1 Å². The Morgan fingerprint density at radius 1 is 1.14 bits per heavy atom. The number of aromatic nitrogens is 2. The molecule has 1 saturated carbocycles. The van der Waals surface area contributed by atoms with Crippen molar-refractivity contribution in [2.24, 2.45) is 0 Å². The quantitative estimate of drug-likeness (QED) is 0.582. The van der Waals surface area contributed by atoms with E-state index in [1.54, 1.807) is 22.9 Å². The minimum absolute atomic E-state index is 0.168. The van der Waals surface area contributed by atoms with Gasteiger partial charge in [-0.1, -0.05) is 48.7 Å². The van der Waals surface area contributed by atoms with Gasteiger partial charge in [0.25, 0.3) is 0 Å². The van der Waals surface area contributed by atoms with Crippen LogP contribution in [0.4, 0.5) is 10.6 Å². The van der Waals surface area contributed by atoms with Crippen molar-refractivity contribution in [1.29, 1.82) is 0 Å². The van der Waals surface area contributed by atoms with Crippen molar-refractivity contribution >= 4 is 11.8 Å². The summed E-state index contributed by atoms with van der Waals surface area (Å²) in [7, 11) is 0. The summed E-state index contributed by atoms with van der Waals surface area (Å²) < 4.78 is 1.80. The van der Waals surface area contributed by atoms with Crippen LogP contribution in [0, 0.1) is 6.92 Å². The molecule has 4 rings (SSSR count). The Kier molecular flexibility index (Phi) is 5.51. The molecule has 150 valence electrons. The highest BCUT2D eigenvalue weighted by molar-refractivity contribution is 5.88. The van der Waals surface area contributed by atoms with Crippen LogP contribution in [0.15, 0.2) is 54.6 Å². The first-order valence-electron chi connectivity index (χ1n) is 10.1. The van der Waals surface area contributed by atoms with E-state index in [9.17, 15) is 9.90 Å². The Morgan fingerprint density at radius 3 is 2.59 bits per heavy atom. The number of anilines is 1. The van der Waals surface area contributed by atoms with Crippen LogP contribution in [0.1, 0.15) is 48.4 Å². The molecule has 1 fully saturated rings. The number of rotatable bonds is 5. The van der Waals surface area contributed by atoms with E-state index >= 15 is 0 Å². The van der Waals surface area contributed by atoms with Crippen molar-refractivity contribution in [3.63, 3.8) is 0 Å². The van der Waals surface area contributed by atoms with E-state index in [1.165, 1.54) is 18.4 Å². The van der Waals surface area contributed by atoms with Crippen LogP contribution in [-0.2, 0) is 6.54 Å². The summed E-state index contributed by atoms with van der Waals surface area (Å²) in [5, 5.41) is 20.4. The topological polar surface area (TPSA) is 79.2 Å². The summed E-state index contributed by atoms with van der Waals surface area (Å²) in [6.07, 6.45) is 4.74. The highest BCUT2D eigenvalue weighted by Gasteiger charge is 2.22. The van der Waals surface area contributed by atoms with Crippen LogP contribution in [0.25, 0.3) is 5.69 Å². The van der Waals surface area contributed by atoms with Gasteiger partial charge in [0, 0.05) is 24.1 Å². The molecular weight excluding hydrogens is 364 g/mol. The molecule has 6 nitrogen and oxygen atoms in total. The molecule has 0 saturated heterocycles. The summed E-state index contributed by atoms with van der Waals surface area (Å²) in [6, 6.07) is 16.7. The molecule has 2 aromatic carbocycles. The second-order valence-electron chi connectivity index (χ2n) is 7.62. The number of benzene rings is 2. The Labute approximate surface area is 170 Å². The Hall–Kier alpha value is -3.28. The summed E-state index contributed by atoms with van der Waals surface area (Å²) in [5.41, 5.74) is 3.78. The normalized spacial score (nSPS) is 14.1. The molecular formula is C23H26N4O2. The fraction of sp³-hybridized carbons (Fsp3) is 0.304. The number of phenolic OH excluding ortho intramolecular Hbond substituents is 1. The first kappa shape index (κ1) is 19.1. The number of aromatic hydroxyl groups is 1. The van der Waals surface area contributed by atoms with E-state index in [0.29, 0.717) is 17.3 Å². The molecule has 0 bridgehead atoms. The minimum atomic E-state index is -0.334. The van der Waals surface area contributed by atoms with Crippen LogP contribution in [0.3, 0.4) is 0 Å². The number of nitrogens with zero attached hydrogens (tertiary/aromatic N) is 2. The molecule has 1 aromatic heterocycles. The maximum atomic E-state index is 12.5. The summed E-state index contributed by atoms with van der Waals surface area (Å²) in [6.45, 7) is 2.29. The highest BCUT2D eigenvalue weighted by atomic mass is 16.3. The van der Waals surface area contributed by atoms with Gasteiger partial charge in [-0.2, -0.15) is 5.10 Å². The average Bonchev–Trinajstić information content (AvgIpc) is 3.38. The molecule has 0 aliphatic heterocycles. The number of phenols is 1. The largest absolute Gasteiger partial charge is 0.508 e. The van der Waals surface area contributed by atoms with Gasteiger partial charge in [-0.3, -0.25) is 5.32 Å². The number of para-hydroxylation sites is 1. The van der Waals surface area contributed by atoms with Crippen molar-refractivity contribution in [3.05, 3.63) is 71.4 Å². The van der Waals surface area contributed by atoms with Crippen molar-refractivity contribution in [2.45, 2.75) is 45.1 Å². The summed E-state index contributed by atoms with van der Waals surface area (Å²) in [5.74, 6) is 1.26. The highest BCUT2D eigenvalue weighted by Crippen LogP contribution is 2.35. The molecule has 0 unspecified atom stereocenters. The van der Waals surface area contributed by atoms with Gasteiger partial charge < -0.3 is 10.4 Å². The van der Waals surface area contributed by atoms with E-state index in [1.807, 2.05) is 43.3 Å². The lowest BCUT2D eigenvalue weighted by atomic mass is 10.0. The standard InChI is InChI=1S/C23H26N4O2/c1-16-10-12-19(13-11-16)27-22(14-20(26-27)17-6-2-3-7-17)25-23(29)24-15-18-8-4-5-9-21(18)28/h4-5,8-14,17,28H,2-3,6-7,15H2,1H3,(H2,24,25,29). The average molecular weight is 390 g/mol. The van der Waals surface area contributed by atoms with Crippen molar-refractivity contribution < 1.29 is 9.90 Å². The number of carbonyl (C=O) groups is 1. The van der Waals surface area contributed by atoms with Gasteiger partial charge in [-0.25, -0.2) is 9.48 Å². The zero-order valence-electron chi connectivity index (χ0n) is 16.6. The number of aryl methyl sites for hydroxylation is 1. The van der Waals surface area contributed by atoms with Crippen LogP contribution >= 0.6 is 0 Å². The van der Waals surface area contributed by atoms with E-state index in [2.05, 4.69) is 10.6 Å². The monoisotopic (exact) mass is 390 g/mol. The predicted molar refractivity (Wildman–Crippen MR) is 113 cm³/mol. The Morgan fingerprint density at radius 2 is 1.86 bits per heavy atom. The number of hydrogen-bond acceptors (Lipinski definition) is 3. The molecule has 0 radical (unpaired) electrons. The van der Waals surface area contributed by atoms with E-state index < -0.39 is 0 Å². The summed E-state index contributed by atoms with van der Waals surface area (Å²) in [4.78, 5) is 12.5. The molecule has 1 heterocycles. The molecule has 1 aliphatic carbocycles. The fourth-order valence-corrected chi connectivity index (χ4v) is 3.79. The minimum Gasteiger partial charge on any atom is -0.508 e. The number of nitrogens with one attached hydrogen (secondary N) is 2. The molecule has 1 aliphatic rings. The molecule has 0 spiro atoms. The van der Waals surface area contributed by atoms with E-state index in [4.69, 9.17) is 5.10 Å².